The molecule has 0 spiro atoms. The summed E-state index contributed by atoms with van der Waals surface area (Å²) in [7, 11) is -3.84. The highest BCUT2D eigenvalue weighted by Gasteiger charge is 2.21. The number of hydrogen-bond acceptors (Lipinski definition) is 6. The summed E-state index contributed by atoms with van der Waals surface area (Å²) < 4.78 is 25.7. The van der Waals surface area contributed by atoms with E-state index in [0.717, 1.165) is 4.09 Å². The van der Waals surface area contributed by atoms with Gasteiger partial charge in [0.25, 0.3) is 10.0 Å². The van der Waals surface area contributed by atoms with Crippen LogP contribution in [0.5, 0.6) is 0 Å². The Morgan fingerprint density at radius 3 is 2.80 bits per heavy atom. The quantitative estimate of drug-likeness (QED) is 0.694. The zero-order chi connectivity index (χ0) is 14.2. The summed E-state index contributed by atoms with van der Waals surface area (Å²) in [6.45, 7) is 0. The number of pyridine rings is 1. The van der Waals surface area contributed by atoms with Gasteiger partial charge in [-0.1, -0.05) is 5.21 Å². The fourth-order valence-electron chi connectivity index (χ4n) is 1.75. The van der Waals surface area contributed by atoms with Crippen LogP contribution >= 0.6 is 0 Å². The van der Waals surface area contributed by atoms with E-state index in [-0.39, 0.29) is 4.90 Å². The van der Waals surface area contributed by atoms with E-state index in [1.165, 1.54) is 42.7 Å². The van der Waals surface area contributed by atoms with Gasteiger partial charge in [0.2, 0.25) is 0 Å². The molecule has 0 amide bonds. The van der Waals surface area contributed by atoms with Crippen molar-refractivity contribution >= 4 is 21.1 Å². The number of nitrogens with zero attached hydrogens (tertiary/aromatic N) is 5. The van der Waals surface area contributed by atoms with Gasteiger partial charge >= 0.3 is 0 Å². The molecule has 3 aromatic rings. The molecule has 8 heteroatoms. The molecule has 0 saturated carbocycles. The number of rotatable bonds is 2. The molecule has 0 aliphatic rings. The number of hydrogen-bond donors (Lipinski definition) is 0. The maximum absolute atomic E-state index is 12.4. The molecule has 2 aromatic heterocycles. The molecular formula is C12H7N5O2S. The molecule has 3 rings (SSSR count). The Bertz CT molecular complexity index is 925. The Morgan fingerprint density at radius 1 is 1.25 bits per heavy atom. The average Bonchev–Trinajstić information content (AvgIpc) is 2.91. The van der Waals surface area contributed by atoms with Crippen LogP contribution in [0, 0.1) is 11.3 Å². The van der Waals surface area contributed by atoms with Gasteiger partial charge in [-0.2, -0.15) is 13.7 Å². The van der Waals surface area contributed by atoms with E-state index in [4.69, 9.17) is 5.26 Å². The predicted molar refractivity (Wildman–Crippen MR) is 69.1 cm³/mol. The van der Waals surface area contributed by atoms with Crippen LogP contribution in [0.2, 0.25) is 0 Å². The Kier molecular flexibility index (Phi) is 2.69. The van der Waals surface area contributed by atoms with Gasteiger partial charge in [0.1, 0.15) is 15.9 Å². The number of fused-ring (bicyclic) bond motifs is 1. The zero-order valence-electron chi connectivity index (χ0n) is 10.0. The Morgan fingerprint density at radius 2 is 2.10 bits per heavy atom. The fraction of sp³-hybridized carbons (Fsp3) is 0. The summed E-state index contributed by atoms with van der Waals surface area (Å²) in [6, 6.07) is 9.42. The number of aromatic nitrogens is 4. The van der Waals surface area contributed by atoms with Gasteiger partial charge in [-0.15, -0.1) is 9.19 Å². The highest BCUT2D eigenvalue weighted by Crippen LogP contribution is 2.18. The highest BCUT2D eigenvalue weighted by atomic mass is 32.2. The summed E-state index contributed by atoms with van der Waals surface area (Å²) in [5.74, 6) is 0. The molecule has 0 aliphatic carbocycles. The summed E-state index contributed by atoms with van der Waals surface area (Å²) >= 11 is 0. The van der Waals surface area contributed by atoms with Gasteiger partial charge < -0.3 is 0 Å². The number of nitriles is 1. The molecule has 0 unspecified atom stereocenters. The van der Waals surface area contributed by atoms with Crippen molar-refractivity contribution in [3.63, 3.8) is 0 Å². The second kappa shape index (κ2) is 4.40. The summed E-state index contributed by atoms with van der Waals surface area (Å²) in [6.07, 6.45) is 2.73. The lowest BCUT2D eigenvalue weighted by atomic mass is 10.2. The number of benzene rings is 1. The molecule has 0 bridgehead atoms. The maximum atomic E-state index is 12.4. The van der Waals surface area contributed by atoms with Crippen LogP contribution in [0.4, 0.5) is 0 Å². The molecule has 0 radical (unpaired) electrons. The third-order valence-electron chi connectivity index (χ3n) is 2.70. The van der Waals surface area contributed by atoms with E-state index in [1.807, 2.05) is 6.07 Å². The van der Waals surface area contributed by atoms with Crippen molar-refractivity contribution in [2.75, 3.05) is 0 Å². The Hall–Kier alpha value is -2.79. The molecule has 0 aliphatic heterocycles. The molecule has 0 N–H and O–H groups in total. The van der Waals surface area contributed by atoms with Gasteiger partial charge in [0, 0.05) is 12.4 Å². The first kappa shape index (κ1) is 12.3. The van der Waals surface area contributed by atoms with E-state index in [0.29, 0.717) is 16.6 Å². The average molecular weight is 285 g/mol. The van der Waals surface area contributed by atoms with Gasteiger partial charge in [0.15, 0.2) is 0 Å². The molecule has 20 heavy (non-hydrogen) atoms. The van der Waals surface area contributed by atoms with Gasteiger partial charge in [-0.05, 0) is 30.3 Å². The Balaban J connectivity index is 2.23. The lowest BCUT2D eigenvalue weighted by Gasteiger charge is -2.03. The van der Waals surface area contributed by atoms with E-state index in [2.05, 4.69) is 15.3 Å². The van der Waals surface area contributed by atoms with Crippen molar-refractivity contribution in [3.05, 3.63) is 48.3 Å². The van der Waals surface area contributed by atoms with E-state index >= 15 is 0 Å². The van der Waals surface area contributed by atoms with Crippen LogP contribution < -0.4 is 0 Å². The maximum Gasteiger partial charge on any atom is 0.286 e. The van der Waals surface area contributed by atoms with Crippen LogP contribution in [0.25, 0.3) is 11.0 Å². The van der Waals surface area contributed by atoms with Crippen LogP contribution in [0.1, 0.15) is 5.56 Å². The second-order valence-corrected chi connectivity index (χ2v) is 5.71. The minimum Gasteiger partial charge on any atom is -0.263 e. The third-order valence-corrected chi connectivity index (χ3v) is 4.27. The largest absolute Gasteiger partial charge is 0.286 e. The zero-order valence-corrected chi connectivity index (χ0v) is 10.8. The van der Waals surface area contributed by atoms with E-state index < -0.39 is 10.0 Å². The summed E-state index contributed by atoms with van der Waals surface area (Å²) in [5, 5.41) is 16.3. The predicted octanol–water partition coefficient (Wildman–Crippen LogP) is 0.935. The molecule has 0 atom stereocenters. The molecule has 0 saturated heterocycles. The molecule has 98 valence electrons. The van der Waals surface area contributed by atoms with Gasteiger partial charge in [0.05, 0.1) is 11.6 Å². The third kappa shape index (κ3) is 1.81. The SMILES string of the molecule is N#Cc1ccc2c(c1)nnn2S(=O)(=O)c1cccnc1. The fourth-order valence-corrected chi connectivity index (χ4v) is 2.94. The minimum absolute atomic E-state index is 0.0242. The second-order valence-electron chi connectivity index (χ2n) is 3.94. The van der Waals surface area contributed by atoms with Crippen LogP contribution in [0.15, 0.2) is 47.6 Å². The first-order valence-electron chi connectivity index (χ1n) is 5.54. The van der Waals surface area contributed by atoms with Crippen molar-refractivity contribution in [1.82, 2.24) is 19.4 Å². The first-order chi connectivity index (χ1) is 9.63. The minimum atomic E-state index is -3.84. The lowest BCUT2D eigenvalue weighted by molar-refractivity contribution is 0.579. The van der Waals surface area contributed by atoms with Crippen molar-refractivity contribution in [1.29, 1.82) is 5.26 Å². The molecular weight excluding hydrogens is 278 g/mol. The standard InChI is InChI=1S/C12H7N5O2S/c13-7-9-3-4-12-11(6-9)15-16-17(12)20(18,19)10-2-1-5-14-8-10/h1-6,8H. The summed E-state index contributed by atoms with van der Waals surface area (Å²) in [5.41, 5.74) is 1.05. The smallest absolute Gasteiger partial charge is 0.263 e. The van der Waals surface area contributed by atoms with Crippen LogP contribution in [-0.2, 0) is 10.0 Å². The van der Waals surface area contributed by atoms with Gasteiger partial charge in [-0.25, -0.2) is 0 Å². The van der Waals surface area contributed by atoms with Gasteiger partial charge in [-0.3, -0.25) is 4.98 Å². The molecule has 1 aromatic carbocycles. The lowest BCUT2D eigenvalue weighted by Crippen LogP contribution is -2.14. The molecule has 2 heterocycles. The monoisotopic (exact) mass is 285 g/mol. The highest BCUT2D eigenvalue weighted by molar-refractivity contribution is 7.90. The first-order valence-corrected chi connectivity index (χ1v) is 6.98. The van der Waals surface area contributed by atoms with Crippen LogP contribution in [0.3, 0.4) is 0 Å². The topological polar surface area (TPSA) is 102 Å². The van der Waals surface area contributed by atoms with Crippen molar-refractivity contribution in [2.24, 2.45) is 0 Å². The van der Waals surface area contributed by atoms with E-state index in [9.17, 15) is 8.42 Å². The van der Waals surface area contributed by atoms with Crippen molar-refractivity contribution in [3.8, 4) is 6.07 Å². The summed E-state index contributed by atoms with van der Waals surface area (Å²) in [4.78, 5) is 3.81. The Labute approximate surface area is 114 Å². The molecule has 0 fully saturated rings. The normalized spacial score (nSPS) is 11.3. The van der Waals surface area contributed by atoms with Crippen LogP contribution in [-0.4, -0.2) is 27.8 Å². The van der Waals surface area contributed by atoms with Crippen molar-refractivity contribution < 1.29 is 8.42 Å². The van der Waals surface area contributed by atoms with E-state index in [1.54, 1.807) is 0 Å². The van der Waals surface area contributed by atoms with Crippen molar-refractivity contribution in [2.45, 2.75) is 4.90 Å². The molecule has 7 nitrogen and oxygen atoms in total.